The van der Waals surface area contributed by atoms with Gasteiger partial charge in [-0.3, -0.25) is 13.1 Å². The van der Waals surface area contributed by atoms with Crippen LogP contribution in [0.4, 0.5) is 0 Å². The van der Waals surface area contributed by atoms with Crippen LogP contribution in [-0.2, 0) is 0 Å². The molecule has 0 aliphatic heterocycles. The lowest BCUT2D eigenvalue weighted by molar-refractivity contribution is 0.0966. The summed E-state index contributed by atoms with van der Waals surface area (Å²) in [6.45, 7) is 1.44. The van der Waals surface area contributed by atoms with Gasteiger partial charge in [0.25, 0.3) is 5.91 Å². The SMILES string of the molecule is CC(=O)c1ccccc1C(=O)NI. The van der Waals surface area contributed by atoms with E-state index in [1.165, 1.54) is 6.92 Å². The maximum absolute atomic E-state index is 11.3. The fourth-order valence-electron chi connectivity index (χ4n) is 1.04. The Morgan fingerprint density at radius 1 is 1.23 bits per heavy atom. The first-order chi connectivity index (χ1) is 6.16. The van der Waals surface area contributed by atoms with Crippen LogP contribution >= 0.6 is 22.9 Å². The molecule has 1 N–H and O–H groups in total. The van der Waals surface area contributed by atoms with Gasteiger partial charge in [0, 0.05) is 5.56 Å². The Labute approximate surface area is 90.0 Å². The summed E-state index contributed by atoms with van der Waals surface area (Å²) in [5.41, 5.74) is 0.876. The molecule has 0 fully saturated rings. The second-order valence-corrected chi connectivity index (χ2v) is 3.06. The molecule has 1 rings (SSSR count). The van der Waals surface area contributed by atoms with E-state index in [0.717, 1.165) is 0 Å². The molecule has 1 aromatic rings. The Morgan fingerprint density at radius 2 is 1.77 bits per heavy atom. The van der Waals surface area contributed by atoms with Crippen LogP contribution in [0.25, 0.3) is 0 Å². The maximum Gasteiger partial charge on any atom is 0.260 e. The topological polar surface area (TPSA) is 46.2 Å². The van der Waals surface area contributed by atoms with E-state index in [1.54, 1.807) is 47.1 Å². The normalized spacial score (nSPS) is 9.38. The predicted octanol–water partition coefficient (Wildman–Crippen LogP) is 1.97. The zero-order chi connectivity index (χ0) is 9.84. The third-order valence-corrected chi connectivity index (χ3v) is 2.13. The van der Waals surface area contributed by atoms with E-state index in [4.69, 9.17) is 0 Å². The quantitative estimate of drug-likeness (QED) is 0.514. The van der Waals surface area contributed by atoms with Crippen LogP contribution in [0.2, 0.25) is 0 Å². The summed E-state index contributed by atoms with van der Waals surface area (Å²) in [5.74, 6) is -0.345. The van der Waals surface area contributed by atoms with E-state index in [-0.39, 0.29) is 11.7 Å². The lowest BCUT2D eigenvalue weighted by Crippen LogP contribution is -2.15. The van der Waals surface area contributed by atoms with Crippen molar-refractivity contribution in [1.82, 2.24) is 3.53 Å². The van der Waals surface area contributed by atoms with Gasteiger partial charge in [0.2, 0.25) is 0 Å². The van der Waals surface area contributed by atoms with Crippen molar-refractivity contribution >= 4 is 34.6 Å². The van der Waals surface area contributed by atoms with Crippen molar-refractivity contribution in [3.63, 3.8) is 0 Å². The minimum atomic E-state index is -0.244. The van der Waals surface area contributed by atoms with Gasteiger partial charge in [-0.1, -0.05) is 18.2 Å². The highest BCUT2D eigenvalue weighted by atomic mass is 127. The fraction of sp³-hybridized carbons (Fsp3) is 0.111. The monoisotopic (exact) mass is 289 g/mol. The highest BCUT2D eigenvalue weighted by Crippen LogP contribution is 2.09. The number of nitrogens with one attached hydrogen (secondary N) is 1. The van der Waals surface area contributed by atoms with Crippen molar-refractivity contribution in [2.45, 2.75) is 6.92 Å². The van der Waals surface area contributed by atoms with E-state index in [9.17, 15) is 9.59 Å². The summed E-state index contributed by atoms with van der Waals surface area (Å²) in [4.78, 5) is 22.4. The number of hydrogen-bond donors (Lipinski definition) is 1. The predicted molar refractivity (Wildman–Crippen MR) is 57.9 cm³/mol. The van der Waals surface area contributed by atoms with E-state index < -0.39 is 0 Å². The summed E-state index contributed by atoms with van der Waals surface area (Å²) in [6, 6.07) is 6.74. The lowest BCUT2D eigenvalue weighted by Gasteiger charge is -2.03. The number of carbonyl (C=O) groups excluding carboxylic acids is 2. The van der Waals surface area contributed by atoms with Gasteiger partial charge in [-0.15, -0.1) is 0 Å². The molecular formula is C9H8INO2. The summed E-state index contributed by atoms with van der Waals surface area (Å²) in [7, 11) is 0. The Hall–Kier alpha value is -0.910. The molecule has 1 aromatic carbocycles. The first-order valence-corrected chi connectivity index (χ1v) is 4.75. The summed E-state index contributed by atoms with van der Waals surface area (Å²) in [6.07, 6.45) is 0. The van der Waals surface area contributed by atoms with Gasteiger partial charge in [0.05, 0.1) is 28.4 Å². The van der Waals surface area contributed by atoms with Crippen LogP contribution in [0.3, 0.4) is 0 Å². The van der Waals surface area contributed by atoms with E-state index in [0.29, 0.717) is 11.1 Å². The van der Waals surface area contributed by atoms with Crippen LogP contribution in [0.15, 0.2) is 24.3 Å². The minimum absolute atomic E-state index is 0.101. The molecule has 0 bridgehead atoms. The molecule has 0 unspecified atom stereocenters. The molecule has 0 aromatic heterocycles. The first-order valence-electron chi connectivity index (χ1n) is 3.67. The van der Waals surface area contributed by atoms with Gasteiger partial charge in [0.15, 0.2) is 5.78 Å². The molecule has 0 heterocycles. The van der Waals surface area contributed by atoms with Gasteiger partial charge < -0.3 is 0 Å². The number of ketones is 1. The zero-order valence-electron chi connectivity index (χ0n) is 7.00. The fourth-order valence-corrected chi connectivity index (χ4v) is 1.33. The molecule has 1 amide bonds. The molecule has 0 spiro atoms. The first kappa shape index (κ1) is 10.2. The molecule has 4 heteroatoms. The largest absolute Gasteiger partial charge is 0.295 e. The van der Waals surface area contributed by atoms with Crippen LogP contribution in [0, 0.1) is 0 Å². The third-order valence-electron chi connectivity index (χ3n) is 1.64. The Bertz CT molecular complexity index is 349. The van der Waals surface area contributed by atoms with E-state index in [1.807, 2.05) is 0 Å². The standard InChI is InChI=1S/C9H8INO2/c1-6(12)7-4-2-3-5-8(7)9(13)11-10/h2-5H,1H3,(H,11,13). The Balaban J connectivity index is 3.19. The number of halogens is 1. The number of carbonyl (C=O) groups is 2. The van der Waals surface area contributed by atoms with E-state index >= 15 is 0 Å². The highest BCUT2D eigenvalue weighted by molar-refractivity contribution is 14.1. The average Bonchev–Trinajstić information content (AvgIpc) is 2.16. The molecule has 0 saturated carbocycles. The summed E-state index contributed by atoms with van der Waals surface area (Å²) < 4.78 is 2.46. The molecule has 0 aliphatic carbocycles. The molecule has 3 nitrogen and oxygen atoms in total. The van der Waals surface area contributed by atoms with Gasteiger partial charge in [-0.25, -0.2) is 0 Å². The molecule has 68 valence electrons. The van der Waals surface area contributed by atoms with Crippen LogP contribution < -0.4 is 3.53 Å². The molecule has 0 radical (unpaired) electrons. The van der Waals surface area contributed by atoms with Crippen molar-refractivity contribution in [3.8, 4) is 0 Å². The van der Waals surface area contributed by atoms with Crippen molar-refractivity contribution < 1.29 is 9.59 Å². The Morgan fingerprint density at radius 3 is 2.23 bits per heavy atom. The number of amides is 1. The van der Waals surface area contributed by atoms with Crippen molar-refractivity contribution in [2.75, 3.05) is 0 Å². The number of rotatable bonds is 2. The number of Topliss-reactive ketones (excluding diaryl/α,β-unsaturated/α-hetero) is 1. The zero-order valence-corrected chi connectivity index (χ0v) is 9.16. The lowest BCUT2D eigenvalue weighted by atomic mass is 10.0. The second-order valence-electron chi connectivity index (χ2n) is 2.53. The van der Waals surface area contributed by atoms with Gasteiger partial charge in [-0.2, -0.15) is 0 Å². The second kappa shape index (κ2) is 4.36. The highest BCUT2D eigenvalue weighted by Gasteiger charge is 2.11. The van der Waals surface area contributed by atoms with E-state index in [2.05, 4.69) is 3.53 Å². The summed E-state index contributed by atoms with van der Waals surface area (Å²) >= 11 is 1.75. The average molecular weight is 289 g/mol. The van der Waals surface area contributed by atoms with Gasteiger partial charge in [-0.05, 0) is 13.0 Å². The smallest absolute Gasteiger partial charge is 0.260 e. The van der Waals surface area contributed by atoms with Crippen LogP contribution in [0.5, 0.6) is 0 Å². The maximum atomic E-state index is 11.3. The molecule has 13 heavy (non-hydrogen) atoms. The van der Waals surface area contributed by atoms with Crippen LogP contribution in [0.1, 0.15) is 27.6 Å². The van der Waals surface area contributed by atoms with Gasteiger partial charge in [0.1, 0.15) is 0 Å². The minimum Gasteiger partial charge on any atom is -0.295 e. The number of benzene rings is 1. The molecule has 0 aliphatic rings. The summed E-state index contributed by atoms with van der Waals surface area (Å²) in [5, 5.41) is 0. The third kappa shape index (κ3) is 2.27. The Kier molecular flexibility index (Phi) is 3.41. The van der Waals surface area contributed by atoms with Crippen LogP contribution in [-0.4, -0.2) is 11.7 Å². The molecule has 0 saturated heterocycles. The van der Waals surface area contributed by atoms with Crippen molar-refractivity contribution in [1.29, 1.82) is 0 Å². The van der Waals surface area contributed by atoms with Crippen molar-refractivity contribution in [3.05, 3.63) is 35.4 Å². The van der Waals surface area contributed by atoms with Gasteiger partial charge >= 0.3 is 0 Å². The van der Waals surface area contributed by atoms with Crippen molar-refractivity contribution in [2.24, 2.45) is 0 Å². The molecule has 0 atom stereocenters. The molecular weight excluding hydrogens is 281 g/mol. The number of hydrogen-bond acceptors (Lipinski definition) is 2.